The molecule has 0 bridgehead atoms. The maximum atomic E-state index is 13.3. The number of ether oxygens (including phenoxy) is 1. The lowest BCUT2D eigenvalue weighted by Gasteiger charge is -2.20. The van der Waals surface area contributed by atoms with Crippen molar-refractivity contribution in [2.75, 3.05) is 5.32 Å². The summed E-state index contributed by atoms with van der Waals surface area (Å²) < 4.78 is 18.2. The first-order valence-electron chi connectivity index (χ1n) is 5.32. The Morgan fingerprint density at radius 1 is 1.37 bits per heavy atom. The van der Waals surface area contributed by atoms with Gasteiger partial charge in [0.15, 0.2) is 0 Å². The van der Waals surface area contributed by atoms with Crippen molar-refractivity contribution >= 4 is 29.4 Å². The molecule has 0 aromatic heterocycles. The van der Waals surface area contributed by atoms with E-state index in [1.807, 2.05) is 0 Å². The van der Waals surface area contributed by atoms with E-state index in [4.69, 9.17) is 21.4 Å². The van der Waals surface area contributed by atoms with Crippen LogP contribution in [0.1, 0.15) is 31.1 Å². The Hall–Kier alpha value is -1.82. The highest BCUT2D eigenvalue weighted by molar-refractivity contribution is 6.31. The average Bonchev–Trinajstić information content (AvgIpc) is 2.19. The second-order valence-corrected chi connectivity index (χ2v) is 5.15. The molecule has 1 rings (SSSR count). The minimum absolute atomic E-state index is 0.219. The van der Waals surface area contributed by atoms with E-state index < -0.39 is 23.5 Å². The van der Waals surface area contributed by atoms with E-state index in [1.165, 1.54) is 0 Å². The molecule has 104 valence electrons. The van der Waals surface area contributed by atoms with Crippen LogP contribution in [0.5, 0.6) is 0 Å². The zero-order valence-corrected chi connectivity index (χ0v) is 11.3. The molecule has 7 heteroatoms. The van der Waals surface area contributed by atoms with Gasteiger partial charge in [-0.1, -0.05) is 11.6 Å². The van der Waals surface area contributed by atoms with Gasteiger partial charge in [0.05, 0.1) is 16.3 Å². The van der Waals surface area contributed by atoms with E-state index in [-0.39, 0.29) is 16.3 Å². The van der Waals surface area contributed by atoms with Gasteiger partial charge in [0.25, 0.3) is 0 Å². The number of rotatable bonds is 2. The maximum Gasteiger partial charge on any atom is 0.412 e. The minimum atomic E-state index is -1.34. The van der Waals surface area contributed by atoms with Gasteiger partial charge in [-0.25, -0.2) is 14.0 Å². The Bertz CT molecular complexity index is 525. The molecule has 0 saturated carbocycles. The first-order valence-corrected chi connectivity index (χ1v) is 5.70. The lowest BCUT2D eigenvalue weighted by atomic mass is 10.1. The van der Waals surface area contributed by atoms with Gasteiger partial charge < -0.3 is 9.84 Å². The van der Waals surface area contributed by atoms with Crippen molar-refractivity contribution in [3.63, 3.8) is 0 Å². The summed E-state index contributed by atoms with van der Waals surface area (Å²) in [6, 6.07) is 1.75. The standard InChI is InChI=1S/C12H13ClFNO4/c1-12(2,3)19-11(18)15-9-5-8(14)7(13)4-6(9)10(16)17/h4-5H,1-3H3,(H,15,18)(H,16,17). The molecule has 5 nitrogen and oxygen atoms in total. The van der Waals surface area contributed by atoms with Crippen molar-refractivity contribution < 1.29 is 23.8 Å². The SMILES string of the molecule is CC(C)(C)OC(=O)Nc1cc(F)c(Cl)cc1C(=O)O. The molecule has 0 aliphatic heterocycles. The Kier molecular flexibility index (Phi) is 4.36. The van der Waals surface area contributed by atoms with E-state index >= 15 is 0 Å². The summed E-state index contributed by atoms with van der Waals surface area (Å²) in [5.41, 5.74) is -1.29. The first-order chi connectivity index (χ1) is 8.60. The third-order valence-electron chi connectivity index (χ3n) is 1.93. The quantitative estimate of drug-likeness (QED) is 0.873. The number of halogens is 2. The van der Waals surface area contributed by atoms with Crippen LogP contribution >= 0.6 is 11.6 Å². The topological polar surface area (TPSA) is 75.6 Å². The van der Waals surface area contributed by atoms with Crippen LogP contribution in [0.2, 0.25) is 5.02 Å². The third-order valence-corrected chi connectivity index (χ3v) is 2.22. The molecule has 1 aromatic rings. The predicted octanol–water partition coefficient (Wildman–Crippen LogP) is 3.52. The summed E-state index contributed by atoms with van der Waals surface area (Å²) in [7, 11) is 0. The first kappa shape index (κ1) is 15.2. The van der Waals surface area contributed by atoms with Gasteiger partial charge in [0, 0.05) is 0 Å². The van der Waals surface area contributed by atoms with E-state index in [0.29, 0.717) is 0 Å². The lowest BCUT2D eigenvalue weighted by Crippen LogP contribution is -2.27. The van der Waals surface area contributed by atoms with Crippen molar-refractivity contribution in [3.05, 3.63) is 28.5 Å². The van der Waals surface area contributed by atoms with Crippen LogP contribution in [0.25, 0.3) is 0 Å². The van der Waals surface area contributed by atoms with Crippen molar-refractivity contribution in [2.45, 2.75) is 26.4 Å². The molecule has 1 amide bonds. The molecule has 19 heavy (non-hydrogen) atoms. The van der Waals surface area contributed by atoms with Crippen molar-refractivity contribution in [1.82, 2.24) is 0 Å². The molecule has 0 aliphatic carbocycles. The second kappa shape index (κ2) is 5.44. The summed E-state index contributed by atoms with van der Waals surface area (Å²) in [5, 5.41) is 10.8. The minimum Gasteiger partial charge on any atom is -0.478 e. The van der Waals surface area contributed by atoms with Gasteiger partial charge in [0.2, 0.25) is 0 Å². The Morgan fingerprint density at radius 3 is 2.42 bits per heavy atom. The molecule has 0 spiro atoms. The number of hydrogen-bond acceptors (Lipinski definition) is 3. The number of hydrogen-bond donors (Lipinski definition) is 2. The fourth-order valence-electron chi connectivity index (χ4n) is 1.24. The number of anilines is 1. The number of carbonyl (C=O) groups excluding carboxylic acids is 1. The van der Waals surface area contributed by atoms with Crippen LogP contribution < -0.4 is 5.32 Å². The van der Waals surface area contributed by atoms with Gasteiger partial charge in [0.1, 0.15) is 11.4 Å². The van der Waals surface area contributed by atoms with Crippen LogP contribution in [-0.4, -0.2) is 22.8 Å². The number of aromatic carboxylic acids is 1. The van der Waals surface area contributed by atoms with Crippen LogP contribution in [-0.2, 0) is 4.74 Å². The number of carboxylic acids is 1. The lowest BCUT2D eigenvalue weighted by molar-refractivity contribution is 0.0636. The number of benzene rings is 1. The summed E-state index contributed by atoms with van der Waals surface area (Å²) in [6.07, 6.45) is -0.878. The monoisotopic (exact) mass is 289 g/mol. The van der Waals surface area contributed by atoms with Crippen LogP contribution in [0, 0.1) is 5.82 Å². The smallest absolute Gasteiger partial charge is 0.412 e. The van der Waals surface area contributed by atoms with E-state index in [9.17, 15) is 14.0 Å². The second-order valence-electron chi connectivity index (χ2n) is 4.74. The highest BCUT2D eigenvalue weighted by atomic mass is 35.5. The Balaban J connectivity index is 3.03. The largest absolute Gasteiger partial charge is 0.478 e. The highest BCUT2D eigenvalue weighted by Gasteiger charge is 2.20. The molecule has 0 heterocycles. The molecule has 0 unspecified atom stereocenters. The zero-order chi connectivity index (χ0) is 14.8. The van der Waals surface area contributed by atoms with Crippen LogP contribution in [0.4, 0.5) is 14.9 Å². The number of amides is 1. The predicted molar refractivity (Wildman–Crippen MR) is 68.2 cm³/mol. The molecule has 0 saturated heterocycles. The molecular formula is C12H13ClFNO4. The molecular weight excluding hydrogens is 277 g/mol. The molecule has 0 radical (unpaired) electrons. The average molecular weight is 290 g/mol. The van der Waals surface area contributed by atoms with Gasteiger partial charge in [-0.2, -0.15) is 0 Å². The van der Waals surface area contributed by atoms with E-state index in [1.54, 1.807) is 20.8 Å². The van der Waals surface area contributed by atoms with Gasteiger partial charge in [-0.3, -0.25) is 5.32 Å². The summed E-state index contributed by atoms with van der Waals surface area (Å²) in [4.78, 5) is 22.5. The Morgan fingerprint density at radius 2 is 1.95 bits per heavy atom. The van der Waals surface area contributed by atoms with Crippen molar-refractivity contribution in [3.8, 4) is 0 Å². The van der Waals surface area contributed by atoms with Gasteiger partial charge >= 0.3 is 12.1 Å². The third kappa shape index (κ3) is 4.40. The molecule has 1 aromatic carbocycles. The molecule has 0 fully saturated rings. The number of carbonyl (C=O) groups is 2. The number of carboxylic acid groups (broad SMARTS) is 1. The fraction of sp³-hybridized carbons (Fsp3) is 0.333. The number of nitrogens with one attached hydrogen (secondary N) is 1. The summed E-state index contributed by atoms with van der Waals surface area (Å²) >= 11 is 5.49. The van der Waals surface area contributed by atoms with Crippen LogP contribution in [0.15, 0.2) is 12.1 Å². The molecule has 0 atom stereocenters. The van der Waals surface area contributed by atoms with Crippen molar-refractivity contribution in [1.29, 1.82) is 0 Å². The summed E-state index contributed by atoms with van der Waals surface area (Å²) in [5.74, 6) is -2.18. The summed E-state index contributed by atoms with van der Waals surface area (Å²) in [6.45, 7) is 4.94. The maximum absolute atomic E-state index is 13.3. The fourth-order valence-corrected chi connectivity index (χ4v) is 1.40. The molecule has 0 aliphatic rings. The highest BCUT2D eigenvalue weighted by Crippen LogP contribution is 2.25. The normalized spacial score (nSPS) is 11.0. The zero-order valence-electron chi connectivity index (χ0n) is 10.6. The van der Waals surface area contributed by atoms with Gasteiger partial charge in [-0.15, -0.1) is 0 Å². The van der Waals surface area contributed by atoms with Gasteiger partial charge in [-0.05, 0) is 32.9 Å². The Labute approximate surface area is 114 Å². The van der Waals surface area contributed by atoms with Crippen molar-refractivity contribution in [2.24, 2.45) is 0 Å². The van der Waals surface area contributed by atoms with E-state index in [2.05, 4.69) is 5.32 Å². The molecule has 2 N–H and O–H groups in total. The van der Waals surface area contributed by atoms with Crippen LogP contribution in [0.3, 0.4) is 0 Å². The van der Waals surface area contributed by atoms with E-state index in [0.717, 1.165) is 12.1 Å².